The van der Waals surface area contributed by atoms with Crippen LogP contribution in [0.3, 0.4) is 0 Å². The first-order valence-corrected chi connectivity index (χ1v) is 10.0. The number of aromatic amines is 1. The molecule has 1 N–H and O–H groups in total. The summed E-state index contributed by atoms with van der Waals surface area (Å²) in [6.07, 6.45) is 3.06. The van der Waals surface area contributed by atoms with Crippen LogP contribution in [0.4, 0.5) is 0 Å². The Morgan fingerprint density at radius 3 is 2.77 bits per heavy atom. The first kappa shape index (κ1) is 19.3. The summed E-state index contributed by atoms with van der Waals surface area (Å²) in [4.78, 5) is 29.7. The topological polar surface area (TPSA) is 67.3 Å². The first-order chi connectivity index (χ1) is 12.6. The molecule has 26 heavy (non-hydrogen) atoms. The van der Waals surface area contributed by atoms with Gasteiger partial charge in [0.2, 0.25) is 5.91 Å². The van der Waals surface area contributed by atoms with Gasteiger partial charge in [-0.2, -0.15) is 0 Å². The Morgan fingerprint density at radius 1 is 1.23 bits per heavy atom. The Hall–Kier alpha value is -1.51. The minimum absolute atomic E-state index is 0.0746. The van der Waals surface area contributed by atoms with E-state index in [1.54, 1.807) is 10.6 Å². The van der Waals surface area contributed by atoms with Crippen LogP contribution in [0.2, 0.25) is 0 Å². The number of benzene rings is 1. The monoisotopic (exact) mass is 439 g/mol. The summed E-state index contributed by atoms with van der Waals surface area (Å²) in [6.45, 7) is 3.20. The summed E-state index contributed by atoms with van der Waals surface area (Å²) < 4.78 is 8.17. The highest BCUT2D eigenvalue weighted by atomic mass is 79.9. The van der Waals surface area contributed by atoms with Crippen LogP contribution in [0, 0.1) is 4.77 Å². The van der Waals surface area contributed by atoms with Crippen molar-refractivity contribution in [3.05, 3.63) is 37.8 Å². The number of carbonyl (C=O) groups is 1. The molecule has 0 bridgehead atoms. The number of halogens is 1. The van der Waals surface area contributed by atoms with Gasteiger partial charge in [-0.25, -0.2) is 0 Å². The number of unbranched alkanes of at least 4 members (excludes halogenated alkanes) is 2. The zero-order chi connectivity index (χ0) is 18.5. The molecule has 2 heterocycles. The van der Waals surface area contributed by atoms with Crippen molar-refractivity contribution < 1.29 is 9.53 Å². The molecule has 1 saturated heterocycles. The zero-order valence-corrected chi connectivity index (χ0v) is 16.9. The van der Waals surface area contributed by atoms with Crippen molar-refractivity contribution in [2.75, 3.05) is 26.3 Å². The van der Waals surface area contributed by atoms with Crippen LogP contribution in [-0.2, 0) is 16.1 Å². The Bertz CT molecular complexity index is 903. The summed E-state index contributed by atoms with van der Waals surface area (Å²) in [7, 11) is 0. The third-order valence-corrected chi connectivity index (χ3v) is 5.40. The maximum absolute atomic E-state index is 12.7. The standard InChI is InChI=1S/C18H22BrN3O3S/c19-13-5-6-15-14(12-13)17(24)22(18(26)20-15)7-3-1-2-4-16(23)21-8-10-25-11-9-21/h5-6,12H,1-4,7-11H2,(H,20,26). The molecule has 8 heteroatoms. The predicted molar refractivity (Wildman–Crippen MR) is 107 cm³/mol. The molecule has 1 fully saturated rings. The fourth-order valence-corrected chi connectivity index (χ4v) is 3.76. The van der Waals surface area contributed by atoms with Gasteiger partial charge in [-0.05, 0) is 43.3 Å². The minimum Gasteiger partial charge on any atom is -0.378 e. The van der Waals surface area contributed by atoms with Crippen molar-refractivity contribution in [2.45, 2.75) is 32.2 Å². The van der Waals surface area contributed by atoms with Crippen molar-refractivity contribution >= 4 is 45.0 Å². The van der Waals surface area contributed by atoms with Crippen molar-refractivity contribution in [3.63, 3.8) is 0 Å². The quantitative estimate of drug-likeness (QED) is 0.553. The lowest BCUT2D eigenvalue weighted by atomic mass is 10.1. The summed E-state index contributed by atoms with van der Waals surface area (Å²) in [5, 5.41) is 0.621. The fourth-order valence-electron chi connectivity index (χ4n) is 3.12. The van der Waals surface area contributed by atoms with Gasteiger partial charge in [0.15, 0.2) is 4.77 Å². The lowest BCUT2D eigenvalue weighted by Gasteiger charge is -2.26. The molecule has 2 aromatic rings. The maximum atomic E-state index is 12.7. The molecule has 0 atom stereocenters. The van der Waals surface area contributed by atoms with E-state index in [1.807, 2.05) is 17.0 Å². The summed E-state index contributed by atoms with van der Waals surface area (Å²) >= 11 is 8.73. The molecular formula is C18H22BrN3O3S. The predicted octanol–water partition coefficient (Wildman–Crippen LogP) is 3.24. The Labute approximate surface area is 165 Å². The molecule has 0 radical (unpaired) electrons. The minimum atomic E-state index is -0.0746. The van der Waals surface area contributed by atoms with Crippen LogP contribution in [-0.4, -0.2) is 46.7 Å². The summed E-state index contributed by atoms with van der Waals surface area (Å²) in [5.74, 6) is 0.193. The highest BCUT2D eigenvalue weighted by Gasteiger charge is 2.15. The van der Waals surface area contributed by atoms with Gasteiger partial charge in [-0.15, -0.1) is 0 Å². The Kier molecular flexibility index (Phi) is 6.61. The molecule has 140 valence electrons. The number of hydrogen-bond acceptors (Lipinski definition) is 4. The molecule has 0 saturated carbocycles. The van der Waals surface area contributed by atoms with Crippen molar-refractivity contribution in [1.29, 1.82) is 0 Å². The van der Waals surface area contributed by atoms with E-state index in [1.165, 1.54) is 0 Å². The average Bonchev–Trinajstić information content (AvgIpc) is 2.65. The summed E-state index contributed by atoms with van der Waals surface area (Å²) in [6, 6.07) is 5.53. The lowest BCUT2D eigenvalue weighted by molar-refractivity contribution is -0.135. The van der Waals surface area contributed by atoms with E-state index in [2.05, 4.69) is 20.9 Å². The number of H-pyrrole nitrogens is 1. The molecule has 6 nitrogen and oxygen atoms in total. The number of hydrogen-bond donors (Lipinski definition) is 1. The Morgan fingerprint density at radius 2 is 2.00 bits per heavy atom. The van der Waals surface area contributed by atoms with Gasteiger partial charge in [0.05, 0.1) is 24.1 Å². The van der Waals surface area contributed by atoms with Crippen LogP contribution in [0.25, 0.3) is 10.9 Å². The number of nitrogens with one attached hydrogen (secondary N) is 1. The van der Waals surface area contributed by atoms with Crippen LogP contribution >= 0.6 is 28.1 Å². The van der Waals surface area contributed by atoms with Crippen LogP contribution in [0.15, 0.2) is 27.5 Å². The molecule has 1 amide bonds. The third-order valence-electron chi connectivity index (χ3n) is 4.58. The average molecular weight is 440 g/mol. The number of aromatic nitrogens is 2. The number of morpholine rings is 1. The smallest absolute Gasteiger partial charge is 0.262 e. The van der Waals surface area contributed by atoms with Crippen LogP contribution in [0.5, 0.6) is 0 Å². The normalized spacial score (nSPS) is 14.7. The van der Waals surface area contributed by atoms with Crippen LogP contribution in [0.1, 0.15) is 25.7 Å². The van der Waals surface area contributed by atoms with Gasteiger partial charge in [0.1, 0.15) is 0 Å². The van der Waals surface area contributed by atoms with E-state index < -0.39 is 0 Å². The second kappa shape index (κ2) is 8.92. The van der Waals surface area contributed by atoms with Gasteiger partial charge in [0, 0.05) is 30.5 Å². The van der Waals surface area contributed by atoms with Gasteiger partial charge in [0.25, 0.3) is 5.56 Å². The van der Waals surface area contributed by atoms with Gasteiger partial charge >= 0.3 is 0 Å². The molecule has 1 aliphatic heterocycles. The number of amides is 1. The maximum Gasteiger partial charge on any atom is 0.262 e. The van der Waals surface area contributed by atoms with E-state index >= 15 is 0 Å². The van der Waals surface area contributed by atoms with Gasteiger partial charge in [-0.1, -0.05) is 22.4 Å². The van der Waals surface area contributed by atoms with Crippen molar-refractivity contribution in [2.24, 2.45) is 0 Å². The van der Waals surface area contributed by atoms with Gasteiger partial charge in [-0.3, -0.25) is 14.2 Å². The van der Waals surface area contributed by atoms with Gasteiger partial charge < -0.3 is 14.6 Å². The molecule has 0 unspecified atom stereocenters. The molecule has 1 aromatic carbocycles. The fraction of sp³-hybridized carbons (Fsp3) is 0.500. The highest BCUT2D eigenvalue weighted by Crippen LogP contribution is 2.15. The number of carbonyl (C=O) groups excluding carboxylic acids is 1. The van der Waals surface area contributed by atoms with E-state index in [0.29, 0.717) is 49.4 Å². The molecule has 3 rings (SSSR count). The summed E-state index contributed by atoms with van der Waals surface area (Å²) in [5.41, 5.74) is 0.671. The molecule has 1 aliphatic rings. The number of ether oxygens (including phenoxy) is 1. The molecule has 1 aromatic heterocycles. The number of nitrogens with zero attached hydrogens (tertiary/aromatic N) is 2. The molecule has 0 spiro atoms. The molecule has 0 aliphatic carbocycles. The number of rotatable bonds is 6. The van der Waals surface area contributed by atoms with Crippen molar-refractivity contribution in [3.8, 4) is 0 Å². The highest BCUT2D eigenvalue weighted by molar-refractivity contribution is 9.10. The Balaban J connectivity index is 1.54. The largest absolute Gasteiger partial charge is 0.378 e. The SMILES string of the molecule is O=C(CCCCCn1c(=S)[nH]c2ccc(Br)cc2c1=O)N1CCOCC1. The van der Waals surface area contributed by atoms with E-state index in [4.69, 9.17) is 17.0 Å². The third kappa shape index (κ3) is 4.61. The van der Waals surface area contributed by atoms with E-state index in [0.717, 1.165) is 29.3 Å². The zero-order valence-electron chi connectivity index (χ0n) is 14.5. The first-order valence-electron chi connectivity index (χ1n) is 8.84. The van der Waals surface area contributed by atoms with E-state index in [-0.39, 0.29) is 11.5 Å². The number of fused-ring (bicyclic) bond motifs is 1. The lowest BCUT2D eigenvalue weighted by Crippen LogP contribution is -2.40. The second-order valence-corrected chi connectivity index (χ2v) is 7.68. The van der Waals surface area contributed by atoms with Crippen LogP contribution < -0.4 is 5.56 Å². The molecular weight excluding hydrogens is 418 g/mol. The van der Waals surface area contributed by atoms with E-state index in [9.17, 15) is 9.59 Å². The second-order valence-electron chi connectivity index (χ2n) is 6.38. The van der Waals surface area contributed by atoms with Crippen molar-refractivity contribution in [1.82, 2.24) is 14.5 Å².